The maximum Gasteiger partial charge on any atom is 0.409 e. The van der Waals surface area contributed by atoms with E-state index in [-0.39, 0.29) is 6.73 Å². The number of rotatable bonds is 7. The summed E-state index contributed by atoms with van der Waals surface area (Å²) in [5.41, 5.74) is 1.75. The maximum absolute atomic E-state index is 11.7. The highest BCUT2D eigenvalue weighted by Crippen LogP contribution is 2.04. The van der Waals surface area contributed by atoms with Crippen LogP contribution in [0.5, 0.6) is 0 Å². The molecule has 7 nitrogen and oxygen atoms in total. The van der Waals surface area contributed by atoms with Crippen LogP contribution in [0.2, 0.25) is 0 Å². The Kier molecular flexibility index (Phi) is 7.07. The minimum absolute atomic E-state index is 0.00191. The zero-order chi connectivity index (χ0) is 15.8. The van der Waals surface area contributed by atoms with Gasteiger partial charge in [0, 0.05) is 5.69 Å². The number of thioether (sulfide) groups is 1. The van der Waals surface area contributed by atoms with Crippen LogP contribution in [0.25, 0.3) is 0 Å². The number of hydrogen-bond acceptors (Lipinski definition) is 6. The summed E-state index contributed by atoms with van der Waals surface area (Å²) in [5, 5.41) is 6.69. The molecule has 1 N–H and O–H groups in total. The molecule has 21 heavy (non-hydrogen) atoms. The Morgan fingerprint density at radius 3 is 2.71 bits per heavy atom. The molecule has 8 heteroatoms. The number of nitrogens with zero attached hydrogens (tertiary/aromatic N) is 2. The molecule has 1 rings (SSSR count). The molecule has 0 radical (unpaired) electrons. The van der Waals surface area contributed by atoms with Crippen LogP contribution in [-0.2, 0) is 21.0 Å². The van der Waals surface area contributed by atoms with E-state index in [9.17, 15) is 9.59 Å². The second-order valence-electron chi connectivity index (χ2n) is 4.49. The number of esters is 1. The predicted octanol–water partition coefficient (Wildman–Crippen LogP) is 1.48. The van der Waals surface area contributed by atoms with E-state index in [2.05, 4.69) is 15.2 Å². The van der Waals surface area contributed by atoms with Gasteiger partial charge in [-0.1, -0.05) is 0 Å². The zero-order valence-electron chi connectivity index (χ0n) is 12.7. The third-order valence-electron chi connectivity index (χ3n) is 2.81. The Balaban J connectivity index is 2.49. The summed E-state index contributed by atoms with van der Waals surface area (Å²) in [6, 6.07) is 1.19. The maximum atomic E-state index is 11.7. The SMILES string of the molecule is COC(=O)C(CCSC)NC(=O)OCn1nc(C)cc1C. The molecule has 0 spiro atoms. The molecule has 1 unspecified atom stereocenters. The molecule has 0 aliphatic carbocycles. The van der Waals surface area contributed by atoms with E-state index in [0.717, 1.165) is 17.1 Å². The summed E-state index contributed by atoms with van der Waals surface area (Å²) in [6.45, 7) is 3.73. The lowest BCUT2D eigenvalue weighted by atomic mass is 10.2. The van der Waals surface area contributed by atoms with Crippen molar-refractivity contribution in [3.05, 3.63) is 17.5 Å². The van der Waals surface area contributed by atoms with Crippen molar-refractivity contribution in [1.29, 1.82) is 0 Å². The number of amides is 1. The van der Waals surface area contributed by atoms with Gasteiger partial charge in [0.2, 0.25) is 0 Å². The molecule has 0 saturated carbocycles. The summed E-state index contributed by atoms with van der Waals surface area (Å²) in [7, 11) is 1.29. The summed E-state index contributed by atoms with van der Waals surface area (Å²) in [6.07, 6.45) is 1.75. The zero-order valence-corrected chi connectivity index (χ0v) is 13.5. The van der Waals surface area contributed by atoms with Crippen LogP contribution in [0.15, 0.2) is 6.07 Å². The Bertz CT molecular complexity index is 490. The van der Waals surface area contributed by atoms with Gasteiger partial charge in [-0.05, 0) is 38.3 Å². The predicted molar refractivity (Wildman–Crippen MR) is 80.1 cm³/mol. The number of aromatic nitrogens is 2. The highest BCUT2D eigenvalue weighted by molar-refractivity contribution is 7.98. The van der Waals surface area contributed by atoms with E-state index in [0.29, 0.717) is 6.42 Å². The number of hydrogen-bond donors (Lipinski definition) is 1. The molecule has 1 heterocycles. The molecule has 1 aromatic rings. The van der Waals surface area contributed by atoms with E-state index in [1.54, 1.807) is 16.4 Å². The summed E-state index contributed by atoms with van der Waals surface area (Å²) >= 11 is 1.59. The first-order valence-corrected chi connectivity index (χ1v) is 7.88. The number of carbonyl (C=O) groups is 2. The van der Waals surface area contributed by atoms with Gasteiger partial charge in [-0.2, -0.15) is 16.9 Å². The second-order valence-corrected chi connectivity index (χ2v) is 5.47. The number of ether oxygens (including phenoxy) is 2. The van der Waals surface area contributed by atoms with Crippen molar-refractivity contribution < 1.29 is 19.1 Å². The van der Waals surface area contributed by atoms with Crippen LogP contribution >= 0.6 is 11.8 Å². The molecule has 1 aromatic heterocycles. The lowest BCUT2D eigenvalue weighted by Crippen LogP contribution is -2.42. The first kappa shape index (κ1) is 17.4. The number of carbonyl (C=O) groups excluding carboxylic acids is 2. The standard InChI is InChI=1S/C13H21N3O4S/c1-9-7-10(2)16(15-9)8-20-13(18)14-11(5-6-21-4)12(17)19-3/h7,11H,5-6,8H2,1-4H3,(H,14,18). The van der Waals surface area contributed by atoms with Crippen molar-refractivity contribution in [3.63, 3.8) is 0 Å². The van der Waals surface area contributed by atoms with Crippen molar-refractivity contribution in [2.75, 3.05) is 19.1 Å². The Labute approximate surface area is 128 Å². The van der Waals surface area contributed by atoms with Crippen LogP contribution in [0.3, 0.4) is 0 Å². The van der Waals surface area contributed by atoms with Gasteiger partial charge in [-0.3, -0.25) is 0 Å². The molecule has 0 aliphatic heterocycles. The van der Waals surface area contributed by atoms with Crippen molar-refractivity contribution in [3.8, 4) is 0 Å². The molecule has 0 fully saturated rings. The van der Waals surface area contributed by atoms with Crippen LogP contribution in [0.1, 0.15) is 17.8 Å². The van der Waals surface area contributed by atoms with E-state index in [1.165, 1.54) is 7.11 Å². The van der Waals surface area contributed by atoms with E-state index in [4.69, 9.17) is 4.74 Å². The van der Waals surface area contributed by atoms with Crippen molar-refractivity contribution in [2.45, 2.75) is 33.0 Å². The quantitative estimate of drug-likeness (QED) is 0.767. The van der Waals surface area contributed by atoms with Gasteiger partial charge in [0.05, 0.1) is 12.8 Å². The first-order valence-electron chi connectivity index (χ1n) is 6.49. The molecule has 118 valence electrons. The fourth-order valence-electron chi connectivity index (χ4n) is 1.74. The molecular formula is C13H21N3O4S. The van der Waals surface area contributed by atoms with Gasteiger partial charge in [-0.15, -0.1) is 0 Å². The number of methoxy groups -OCH3 is 1. The summed E-state index contributed by atoms with van der Waals surface area (Å²) in [4.78, 5) is 23.3. The molecule has 1 atom stereocenters. The molecular weight excluding hydrogens is 294 g/mol. The normalized spacial score (nSPS) is 11.8. The highest BCUT2D eigenvalue weighted by Gasteiger charge is 2.21. The van der Waals surface area contributed by atoms with Gasteiger partial charge >= 0.3 is 12.1 Å². The van der Waals surface area contributed by atoms with Gasteiger partial charge < -0.3 is 14.8 Å². The minimum atomic E-state index is -0.699. The van der Waals surface area contributed by atoms with Gasteiger partial charge in [0.15, 0.2) is 6.73 Å². The third kappa shape index (κ3) is 5.66. The fourth-order valence-corrected chi connectivity index (χ4v) is 2.21. The molecule has 0 bridgehead atoms. The Morgan fingerprint density at radius 2 is 2.19 bits per heavy atom. The van der Waals surface area contributed by atoms with Crippen LogP contribution in [-0.4, -0.2) is 47.0 Å². The monoisotopic (exact) mass is 315 g/mol. The third-order valence-corrected chi connectivity index (χ3v) is 3.45. The van der Waals surface area contributed by atoms with Crippen molar-refractivity contribution >= 4 is 23.8 Å². The van der Waals surface area contributed by atoms with Gasteiger partial charge in [-0.25, -0.2) is 14.3 Å². The average molecular weight is 315 g/mol. The van der Waals surface area contributed by atoms with Gasteiger partial charge in [0.1, 0.15) is 6.04 Å². The molecule has 0 saturated heterocycles. The minimum Gasteiger partial charge on any atom is -0.467 e. The first-order chi connectivity index (χ1) is 9.97. The number of nitrogens with one attached hydrogen (secondary N) is 1. The smallest absolute Gasteiger partial charge is 0.409 e. The average Bonchev–Trinajstić information content (AvgIpc) is 2.78. The largest absolute Gasteiger partial charge is 0.467 e. The fraction of sp³-hybridized carbons (Fsp3) is 0.615. The van der Waals surface area contributed by atoms with Crippen LogP contribution < -0.4 is 5.32 Å². The van der Waals surface area contributed by atoms with E-state index >= 15 is 0 Å². The molecule has 0 aliphatic rings. The highest BCUT2D eigenvalue weighted by atomic mass is 32.2. The number of alkyl carbamates (subject to hydrolysis) is 1. The van der Waals surface area contributed by atoms with Crippen LogP contribution in [0, 0.1) is 13.8 Å². The summed E-state index contributed by atoms with van der Waals surface area (Å²) in [5.74, 6) is 0.254. The number of aryl methyl sites for hydroxylation is 2. The van der Waals surface area contributed by atoms with E-state index < -0.39 is 18.1 Å². The lowest BCUT2D eigenvalue weighted by molar-refractivity contribution is -0.143. The second kappa shape index (κ2) is 8.56. The topological polar surface area (TPSA) is 82.5 Å². The van der Waals surface area contributed by atoms with Gasteiger partial charge in [0.25, 0.3) is 0 Å². The van der Waals surface area contributed by atoms with E-state index in [1.807, 2.05) is 26.2 Å². The Hall–Kier alpha value is -1.70. The lowest BCUT2D eigenvalue weighted by Gasteiger charge is -2.16. The molecule has 1 amide bonds. The Morgan fingerprint density at radius 1 is 1.48 bits per heavy atom. The van der Waals surface area contributed by atoms with Crippen LogP contribution in [0.4, 0.5) is 4.79 Å². The van der Waals surface area contributed by atoms with Crippen molar-refractivity contribution in [1.82, 2.24) is 15.1 Å². The molecule has 0 aromatic carbocycles. The van der Waals surface area contributed by atoms with Crippen molar-refractivity contribution in [2.24, 2.45) is 0 Å². The summed E-state index contributed by atoms with van der Waals surface area (Å²) < 4.78 is 11.3.